The molecule has 0 spiro atoms. The third kappa shape index (κ3) is 4.12. The van der Waals surface area contributed by atoms with E-state index in [-0.39, 0.29) is 0 Å². The Hall–Kier alpha value is -0.0800. The molecule has 2 aliphatic rings. The molecule has 0 aromatic heterocycles. The molecule has 2 rings (SSSR count). The Morgan fingerprint density at radius 2 is 2.07 bits per heavy atom. The Balaban J connectivity index is 1.66. The summed E-state index contributed by atoms with van der Waals surface area (Å²) in [5.74, 6) is 1.09. The zero-order valence-electron chi connectivity index (χ0n) is 10.3. The van der Waals surface area contributed by atoms with Crippen LogP contribution in [-0.4, -0.2) is 36.6 Å². The van der Waals surface area contributed by atoms with E-state index in [0.29, 0.717) is 6.04 Å². The van der Waals surface area contributed by atoms with Crippen molar-refractivity contribution in [2.75, 3.05) is 19.6 Å². The second-order valence-corrected chi connectivity index (χ2v) is 5.69. The van der Waals surface area contributed by atoms with Crippen molar-refractivity contribution in [1.29, 1.82) is 0 Å². The van der Waals surface area contributed by atoms with Gasteiger partial charge in [-0.15, -0.1) is 0 Å². The first-order valence-corrected chi connectivity index (χ1v) is 6.72. The van der Waals surface area contributed by atoms with Crippen molar-refractivity contribution in [3.8, 4) is 0 Å². The Morgan fingerprint density at radius 1 is 1.27 bits per heavy atom. The Kier molecular flexibility index (Phi) is 4.04. The van der Waals surface area contributed by atoms with E-state index in [4.69, 9.17) is 0 Å². The molecule has 1 aliphatic carbocycles. The first-order valence-electron chi connectivity index (χ1n) is 6.72. The summed E-state index contributed by atoms with van der Waals surface area (Å²) < 4.78 is 0. The standard InChI is InChI=1S/C13H26N2/c1-11(2)14-13-4-3-8-15(10-13)9-7-12-5-6-12/h11-14H,3-10H2,1-2H3. The first-order chi connectivity index (χ1) is 7.24. The first kappa shape index (κ1) is 11.4. The lowest BCUT2D eigenvalue weighted by molar-refractivity contribution is 0.181. The number of piperidine rings is 1. The van der Waals surface area contributed by atoms with Gasteiger partial charge in [-0.2, -0.15) is 0 Å². The number of hydrogen-bond acceptors (Lipinski definition) is 2. The highest BCUT2D eigenvalue weighted by atomic mass is 15.2. The number of likely N-dealkylation sites (tertiary alicyclic amines) is 1. The molecule has 88 valence electrons. The molecule has 1 N–H and O–H groups in total. The summed E-state index contributed by atoms with van der Waals surface area (Å²) in [6.45, 7) is 8.47. The SMILES string of the molecule is CC(C)NC1CCCN(CCC2CC2)C1. The van der Waals surface area contributed by atoms with Gasteiger partial charge in [0.15, 0.2) is 0 Å². The molecule has 1 unspecified atom stereocenters. The smallest absolute Gasteiger partial charge is 0.0197 e. The Morgan fingerprint density at radius 3 is 2.73 bits per heavy atom. The minimum Gasteiger partial charge on any atom is -0.311 e. The van der Waals surface area contributed by atoms with Gasteiger partial charge in [0.1, 0.15) is 0 Å². The summed E-state index contributed by atoms with van der Waals surface area (Å²) >= 11 is 0. The van der Waals surface area contributed by atoms with Crippen LogP contribution in [0.4, 0.5) is 0 Å². The quantitative estimate of drug-likeness (QED) is 0.749. The van der Waals surface area contributed by atoms with Crippen molar-refractivity contribution in [3.05, 3.63) is 0 Å². The van der Waals surface area contributed by atoms with Crippen LogP contribution in [0.2, 0.25) is 0 Å². The molecule has 2 fully saturated rings. The predicted octanol–water partition coefficient (Wildman–Crippen LogP) is 2.25. The van der Waals surface area contributed by atoms with E-state index in [1.165, 1.54) is 51.7 Å². The van der Waals surface area contributed by atoms with Gasteiger partial charge < -0.3 is 10.2 Å². The van der Waals surface area contributed by atoms with Crippen molar-refractivity contribution < 1.29 is 0 Å². The van der Waals surface area contributed by atoms with Crippen LogP contribution in [0.25, 0.3) is 0 Å². The van der Waals surface area contributed by atoms with E-state index in [9.17, 15) is 0 Å². The zero-order valence-corrected chi connectivity index (χ0v) is 10.3. The Labute approximate surface area is 94.4 Å². The maximum Gasteiger partial charge on any atom is 0.0197 e. The third-order valence-electron chi connectivity index (χ3n) is 3.63. The molecule has 1 atom stereocenters. The maximum absolute atomic E-state index is 3.67. The minimum atomic E-state index is 0.637. The molecule has 1 saturated carbocycles. The molecule has 0 bridgehead atoms. The third-order valence-corrected chi connectivity index (χ3v) is 3.63. The molecule has 2 nitrogen and oxygen atoms in total. The number of nitrogens with zero attached hydrogens (tertiary/aromatic N) is 1. The van der Waals surface area contributed by atoms with Gasteiger partial charge in [0.25, 0.3) is 0 Å². The summed E-state index contributed by atoms with van der Waals surface area (Å²) in [5, 5.41) is 3.67. The highest BCUT2D eigenvalue weighted by molar-refractivity contribution is 4.81. The van der Waals surface area contributed by atoms with Crippen LogP contribution in [0.5, 0.6) is 0 Å². The summed E-state index contributed by atoms with van der Waals surface area (Å²) in [4.78, 5) is 2.67. The molecule has 1 saturated heterocycles. The fourth-order valence-corrected chi connectivity index (χ4v) is 2.64. The minimum absolute atomic E-state index is 0.637. The fraction of sp³-hybridized carbons (Fsp3) is 1.00. The summed E-state index contributed by atoms with van der Waals surface area (Å²) in [7, 11) is 0. The van der Waals surface area contributed by atoms with Crippen LogP contribution in [0.15, 0.2) is 0 Å². The van der Waals surface area contributed by atoms with Crippen LogP contribution in [0.1, 0.15) is 46.0 Å². The second kappa shape index (κ2) is 5.31. The van der Waals surface area contributed by atoms with Gasteiger partial charge in [0.2, 0.25) is 0 Å². The van der Waals surface area contributed by atoms with E-state index in [2.05, 4.69) is 24.1 Å². The van der Waals surface area contributed by atoms with Gasteiger partial charge >= 0.3 is 0 Å². The molecule has 15 heavy (non-hydrogen) atoms. The molecule has 0 radical (unpaired) electrons. The number of nitrogens with one attached hydrogen (secondary N) is 1. The molecule has 2 heteroatoms. The van der Waals surface area contributed by atoms with E-state index in [1.54, 1.807) is 0 Å². The summed E-state index contributed by atoms with van der Waals surface area (Å²) in [6, 6.07) is 1.39. The van der Waals surface area contributed by atoms with Gasteiger partial charge in [-0.1, -0.05) is 26.7 Å². The van der Waals surface area contributed by atoms with Crippen molar-refractivity contribution in [2.24, 2.45) is 5.92 Å². The largest absolute Gasteiger partial charge is 0.311 e. The van der Waals surface area contributed by atoms with E-state index in [0.717, 1.165) is 12.0 Å². The van der Waals surface area contributed by atoms with Crippen molar-refractivity contribution >= 4 is 0 Å². The molecular formula is C13H26N2. The van der Waals surface area contributed by atoms with E-state index in [1.807, 2.05) is 0 Å². The van der Waals surface area contributed by atoms with Gasteiger partial charge in [0.05, 0.1) is 0 Å². The van der Waals surface area contributed by atoms with Gasteiger partial charge in [-0.05, 0) is 38.3 Å². The fourth-order valence-electron chi connectivity index (χ4n) is 2.64. The highest BCUT2D eigenvalue weighted by Gasteiger charge is 2.24. The average molecular weight is 210 g/mol. The second-order valence-electron chi connectivity index (χ2n) is 5.69. The highest BCUT2D eigenvalue weighted by Crippen LogP contribution is 2.32. The normalized spacial score (nSPS) is 28.6. The van der Waals surface area contributed by atoms with Crippen molar-refractivity contribution in [3.63, 3.8) is 0 Å². The average Bonchev–Trinajstić information content (AvgIpc) is 2.97. The lowest BCUT2D eigenvalue weighted by Gasteiger charge is -2.34. The molecular weight excluding hydrogens is 184 g/mol. The predicted molar refractivity (Wildman–Crippen MR) is 65.1 cm³/mol. The number of hydrogen-bond donors (Lipinski definition) is 1. The Bertz CT molecular complexity index is 187. The lowest BCUT2D eigenvalue weighted by Crippen LogP contribution is -2.48. The van der Waals surface area contributed by atoms with Crippen LogP contribution < -0.4 is 5.32 Å². The molecule has 1 aliphatic heterocycles. The van der Waals surface area contributed by atoms with Crippen LogP contribution in [0.3, 0.4) is 0 Å². The molecule has 1 heterocycles. The van der Waals surface area contributed by atoms with Gasteiger partial charge in [-0.25, -0.2) is 0 Å². The topological polar surface area (TPSA) is 15.3 Å². The van der Waals surface area contributed by atoms with Crippen LogP contribution in [-0.2, 0) is 0 Å². The maximum atomic E-state index is 3.67. The monoisotopic (exact) mass is 210 g/mol. The summed E-state index contributed by atoms with van der Waals surface area (Å²) in [6.07, 6.45) is 7.21. The van der Waals surface area contributed by atoms with E-state index >= 15 is 0 Å². The molecule has 0 aromatic rings. The molecule has 0 aromatic carbocycles. The van der Waals surface area contributed by atoms with E-state index < -0.39 is 0 Å². The zero-order chi connectivity index (χ0) is 10.7. The van der Waals surface area contributed by atoms with Crippen LogP contribution in [0, 0.1) is 5.92 Å². The lowest BCUT2D eigenvalue weighted by atomic mass is 10.0. The van der Waals surface area contributed by atoms with Gasteiger partial charge in [0, 0.05) is 18.6 Å². The van der Waals surface area contributed by atoms with Gasteiger partial charge in [-0.3, -0.25) is 0 Å². The molecule has 0 amide bonds. The summed E-state index contributed by atoms with van der Waals surface area (Å²) in [5.41, 5.74) is 0. The van der Waals surface area contributed by atoms with Crippen molar-refractivity contribution in [2.45, 2.75) is 58.0 Å². The van der Waals surface area contributed by atoms with Crippen molar-refractivity contribution in [1.82, 2.24) is 10.2 Å². The van der Waals surface area contributed by atoms with Crippen LogP contribution >= 0.6 is 0 Å². The number of rotatable bonds is 5.